The summed E-state index contributed by atoms with van der Waals surface area (Å²) in [5.74, 6) is -0.0674. The van der Waals surface area contributed by atoms with E-state index in [9.17, 15) is 4.79 Å². The van der Waals surface area contributed by atoms with Gasteiger partial charge >= 0.3 is 0 Å². The molecule has 1 aliphatic rings. The van der Waals surface area contributed by atoms with Gasteiger partial charge in [0, 0.05) is 30.2 Å². The van der Waals surface area contributed by atoms with Crippen LogP contribution < -0.4 is 5.32 Å². The Labute approximate surface area is 170 Å². The maximum absolute atomic E-state index is 12.6. The van der Waals surface area contributed by atoms with Crippen LogP contribution >= 0.6 is 11.9 Å². The fourth-order valence-corrected chi connectivity index (χ4v) is 4.55. The lowest BCUT2D eigenvalue weighted by Crippen LogP contribution is -2.24. The molecule has 0 aliphatic carbocycles. The van der Waals surface area contributed by atoms with Crippen molar-refractivity contribution in [2.75, 3.05) is 6.54 Å². The molecule has 5 heteroatoms. The van der Waals surface area contributed by atoms with Gasteiger partial charge in [-0.2, -0.15) is 0 Å². The second-order valence-electron chi connectivity index (χ2n) is 7.25. The Morgan fingerprint density at radius 3 is 2.68 bits per heavy atom. The maximum atomic E-state index is 12.6. The van der Waals surface area contributed by atoms with Crippen molar-refractivity contribution in [2.45, 2.75) is 38.3 Å². The van der Waals surface area contributed by atoms with Crippen LogP contribution in [0.3, 0.4) is 0 Å². The number of amides is 1. The van der Waals surface area contributed by atoms with Gasteiger partial charge in [0.1, 0.15) is 5.69 Å². The van der Waals surface area contributed by atoms with E-state index in [4.69, 9.17) is 0 Å². The standard InChI is InChI=1S/C23H25N3OS/c1-16-7-3-4-9-19(16)14-24-23(27)21-13-22(17(2)25-21)28-26-12-11-18-8-5-6-10-20(18)15-26/h3-10,13,25H,11-12,14-15H2,1-2H3,(H,24,27). The molecule has 4 rings (SSSR count). The molecule has 0 bridgehead atoms. The third-order valence-corrected chi connectivity index (χ3v) is 6.43. The first-order chi connectivity index (χ1) is 13.6. The molecule has 1 aliphatic heterocycles. The molecule has 0 atom stereocenters. The molecule has 1 amide bonds. The minimum Gasteiger partial charge on any atom is -0.354 e. The smallest absolute Gasteiger partial charge is 0.268 e. The molecule has 28 heavy (non-hydrogen) atoms. The number of aryl methyl sites for hydroxylation is 2. The van der Waals surface area contributed by atoms with Crippen LogP contribution in [0, 0.1) is 13.8 Å². The van der Waals surface area contributed by atoms with Crippen LogP contribution in [0.4, 0.5) is 0 Å². The Bertz CT molecular complexity index is 995. The summed E-state index contributed by atoms with van der Waals surface area (Å²) in [6, 6.07) is 18.7. The van der Waals surface area contributed by atoms with Crippen molar-refractivity contribution in [2.24, 2.45) is 0 Å². The third kappa shape index (κ3) is 4.16. The van der Waals surface area contributed by atoms with E-state index in [2.05, 4.69) is 51.9 Å². The average Bonchev–Trinajstić information content (AvgIpc) is 3.07. The van der Waals surface area contributed by atoms with Gasteiger partial charge in [0.15, 0.2) is 0 Å². The number of aromatic nitrogens is 1. The molecule has 0 radical (unpaired) electrons. The molecule has 1 aromatic heterocycles. The minimum absolute atomic E-state index is 0.0674. The number of nitrogens with one attached hydrogen (secondary N) is 2. The van der Waals surface area contributed by atoms with Gasteiger partial charge in [-0.15, -0.1) is 0 Å². The normalized spacial score (nSPS) is 13.9. The van der Waals surface area contributed by atoms with Gasteiger partial charge in [-0.25, -0.2) is 4.31 Å². The zero-order valence-corrected chi connectivity index (χ0v) is 17.1. The van der Waals surface area contributed by atoms with Crippen molar-refractivity contribution in [3.63, 3.8) is 0 Å². The largest absolute Gasteiger partial charge is 0.354 e. The first-order valence-electron chi connectivity index (χ1n) is 9.62. The van der Waals surface area contributed by atoms with Crippen LogP contribution in [0.25, 0.3) is 0 Å². The number of hydrogen-bond donors (Lipinski definition) is 2. The lowest BCUT2D eigenvalue weighted by molar-refractivity contribution is 0.0946. The number of aromatic amines is 1. The van der Waals surface area contributed by atoms with E-state index in [0.29, 0.717) is 12.2 Å². The van der Waals surface area contributed by atoms with Crippen molar-refractivity contribution in [1.29, 1.82) is 0 Å². The zero-order chi connectivity index (χ0) is 19.5. The van der Waals surface area contributed by atoms with Crippen LogP contribution in [0.1, 0.15) is 38.4 Å². The Hall–Kier alpha value is -2.50. The quantitative estimate of drug-likeness (QED) is 0.624. The summed E-state index contributed by atoms with van der Waals surface area (Å²) in [5, 5.41) is 3.02. The van der Waals surface area contributed by atoms with Crippen LogP contribution in [0.5, 0.6) is 0 Å². The Morgan fingerprint density at radius 2 is 1.86 bits per heavy atom. The van der Waals surface area contributed by atoms with Gasteiger partial charge in [0.25, 0.3) is 5.91 Å². The van der Waals surface area contributed by atoms with Crippen LogP contribution in [-0.4, -0.2) is 21.7 Å². The van der Waals surface area contributed by atoms with Crippen molar-refractivity contribution < 1.29 is 4.79 Å². The summed E-state index contributed by atoms with van der Waals surface area (Å²) < 4.78 is 2.37. The predicted molar refractivity (Wildman–Crippen MR) is 114 cm³/mol. The molecule has 2 N–H and O–H groups in total. The molecule has 2 heterocycles. The maximum Gasteiger partial charge on any atom is 0.268 e. The molecule has 0 fully saturated rings. The lowest BCUT2D eigenvalue weighted by atomic mass is 10.0. The highest BCUT2D eigenvalue weighted by Crippen LogP contribution is 2.31. The summed E-state index contributed by atoms with van der Waals surface area (Å²) in [5.41, 5.74) is 6.82. The number of benzene rings is 2. The van der Waals surface area contributed by atoms with Gasteiger partial charge in [0.2, 0.25) is 0 Å². The van der Waals surface area contributed by atoms with Crippen LogP contribution in [0.2, 0.25) is 0 Å². The van der Waals surface area contributed by atoms with Gasteiger partial charge in [-0.3, -0.25) is 4.79 Å². The number of H-pyrrole nitrogens is 1. The van der Waals surface area contributed by atoms with E-state index < -0.39 is 0 Å². The number of carbonyl (C=O) groups is 1. The average molecular weight is 392 g/mol. The van der Waals surface area contributed by atoms with E-state index in [0.717, 1.165) is 35.7 Å². The molecule has 144 valence electrons. The third-order valence-electron chi connectivity index (χ3n) is 5.24. The van der Waals surface area contributed by atoms with E-state index in [-0.39, 0.29) is 5.91 Å². The molecule has 0 saturated carbocycles. The van der Waals surface area contributed by atoms with Crippen molar-refractivity contribution in [1.82, 2.24) is 14.6 Å². The fourth-order valence-electron chi connectivity index (χ4n) is 3.52. The van der Waals surface area contributed by atoms with E-state index in [1.807, 2.05) is 31.2 Å². The van der Waals surface area contributed by atoms with E-state index in [1.54, 1.807) is 11.9 Å². The molecule has 0 saturated heterocycles. The Kier molecular flexibility index (Phi) is 5.55. The summed E-state index contributed by atoms with van der Waals surface area (Å²) >= 11 is 1.73. The topological polar surface area (TPSA) is 48.1 Å². The molecular formula is C23H25N3OS. The molecule has 2 aromatic carbocycles. The van der Waals surface area contributed by atoms with Gasteiger partial charge in [-0.1, -0.05) is 48.5 Å². The summed E-state index contributed by atoms with van der Waals surface area (Å²) in [4.78, 5) is 16.9. The number of carbonyl (C=O) groups excluding carboxylic acids is 1. The number of rotatable bonds is 5. The Morgan fingerprint density at radius 1 is 1.11 bits per heavy atom. The SMILES string of the molecule is Cc1ccccc1CNC(=O)c1cc(SN2CCc3ccccc3C2)c(C)[nH]1. The molecular weight excluding hydrogens is 366 g/mol. The van der Waals surface area contributed by atoms with Gasteiger partial charge in [0.05, 0.1) is 0 Å². The summed E-state index contributed by atoms with van der Waals surface area (Å²) in [7, 11) is 0. The number of nitrogens with zero attached hydrogens (tertiary/aromatic N) is 1. The van der Waals surface area contributed by atoms with Crippen molar-refractivity contribution >= 4 is 17.9 Å². The molecule has 0 unspecified atom stereocenters. The van der Waals surface area contributed by atoms with Crippen LogP contribution in [-0.2, 0) is 19.5 Å². The monoisotopic (exact) mass is 391 g/mol. The summed E-state index contributed by atoms with van der Waals surface area (Å²) in [6.45, 7) is 6.57. The lowest BCUT2D eigenvalue weighted by Gasteiger charge is -2.27. The highest BCUT2D eigenvalue weighted by Gasteiger charge is 2.19. The number of hydrogen-bond acceptors (Lipinski definition) is 3. The van der Waals surface area contributed by atoms with Crippen molar-refractivity contribution in [3.8, 4) is 0 Å². The molecule has 3 aromatic rings. The minimum atomic E-state index is -0.0674. The first-order valence-corrected chi connectivity index (χ1v) is 10.4. The number of fused-ring (bicyclic) bond motifs is 1. The Balaban J connectivity index is 1.39. The van der Waals surface area contributed by atoms with Crippen LogP contribution in [0.15, 0.2) is 59.5 Å². The predicted octanol–water partition coefficient (Wildman–Crippen LogP) is 4.63. The van der Waals surface area contributed by atoms with Gasteiger partial charge < -0.3 is 10.3 Å². The highest BCUT2D eigenvalue weighted by atomic mass is 32.2. The fraction of sp³-hybridized carbons (Fsp3) is 0.261. The zero-order valence-electron chi connectivity index (χ0n) is 16.3. The van der Waals surface area contributed by atoms with E-state index >= 15 is 0 Å². The van der Waals surface area contributed by atoms with E-state index in [1.165, 1.54) is 16.7 Å². The second-order valence-corrected chi connectivity index (χ2v) is 8.39. The summed E-state index contributed by atoms with van der Waals surface area (Å²) in [6.07, 6.45) is 1.07. The second kappa shape index (κ2) is 8.25. The molecule has 4 nitrogen and oxygen atoms in total. The van der Waals surface area contributed by atoms with Crippen molar-refractivity contribution in [3.05, 3.63) is 88.2 Å². The first kappa shape index (κ1) is 18.8. The molecule has 0 spiro atoms. The van der Waals surface area contributed by atoms with Gasteiger partial charge in [-0.05, 0) is 60.5 Å². The highest BCUT2D eigenvalue weighted by molar-refractivity contribution is 7.97.